The Bertz CT molecular complexity index is 370. The third kappa shape index (κ3) is 19.3. The van der Waals surface area contributed by atoms with Gasteiger partial charge in [0.1, 0.15) is 0 Å². The minimum absolute atomic E-state index is 0.246. The molecule has 0 saturated heterocycles. The van der Waals surface area contributed by atoms with E-state index in [1.807, 2.05) is 0 Å². The minimum atomic E-state index is 0.246. The Balaban J connectivity index is 3.23. The van der Waals surface area contributed by atoms with Crippen LogP contribution in [-0.2, 0) is 4.79 Å². The Hall–Kier alpha value is -1.05. The SMILES string of the molecule is C/C=C(\C)CCCCCCCCCCC(=O)NCCCCC/C=C\CC. The van der Waals surface area contributed by atoms with E-state index < -0.39 is 0 Å². The summed E-state index contributed by atoms with van der Waals surface area (Å²) in [5.41, 5.74) is 1.52. The van der Waals surface area contributed by atoms with Crippen LogP contribution in [-0.4, -0.2) is 12.5 Å². The number of nitrogens with one attached hydrogen (secondary N) is 1. The molecule has 0 heterocycles. The summed E-state index contributed by atoms with van der Waals surface area (Å²) in [5.74, 6) is 0.246. The molecule has 1 N–H and O–H groups in total. The first kappa shape index (κ1) is 24.9. The van der Waals surface area contributed by atoms with Crippen LogP contribution >= 0.6 is 0 Å². The van der Waals surface area contributed by atoms with Gasteiger partial charge in [-0.15, -0.1) is 0 Å². The smallest absolute Gasteiger partial charge is 0.219 e. The van der Waals surface area contributed by atoms with Gasteiger partial charge in [0.25, 0.3) is 0 Å². The number of allylic oxidation sites excluding steroid dienone is 4. The Labute approximate surface area is 163 Å². The maximum absolute atomic E-state index is 11.8. The quantitative estimate of drug-likeness (QED) is 0.198. The number of hydrogen-bond acceptors (Lipinski definition) is 1. The molecule has 0 unspecified atom stereocenters. The molecule has 152 valence electrons. The molecule has 0 aromatic carbocycles. The molecular formula is C24H45NO. The average Bonchev–Trinajstić information content (AvgIpc) is 2.65. The Morgan fingerprint density at radius 2 is 1.35 bits per heavy atom. The van der Waals surface area contributed by atoms with Gasteiger partial charge >= 0.3 is 0 Å². The molecule has 0 radical (unpaired) electrons. The van der Waals surface area contributed by atoms with Crippen LogP contribution in [0.4, 0.5) is 0 Å². The van der Waals surface area contributed by atoms with Crippen molar-refractivity contribution in [3.63, 3.8) is 0 Å². The molecular weight excluding hydrogens is 318 g/mol. The molecule has 0 atom stereocenters. The van der Waals surface area contributed by atoms with Crippen LogP contribution in [0, 0.1) is 0 Å². The highest BCUT2D eigenvalue weighted by atomic mass is 16.1. The van der Waals surface area contributed by atoms with Crippen LogP contribution in [0.5, 0.6) is 0 Å². The average molecular weight is 364 g/mol. The minimum Gasteiger partial charge on any atom is -0.356 e. The van der Waals surface area contributed by atoms with Crippen molar-refractivity contribution in [1.29, 1.82) is 0 Å². The fourth-order valence-corrected chi connectivity index (χ4v) is 3.06. The normalized spacial score (nSPS) is 12.0. The summed E-state index contributed by atoms with van der Waals surface area (Å²) >= 11 is 0. The van der Waals surface area contributed by atoms with Gasteiger partial charge < -0.3 is 5.32 Å². The van der Waals surface area contributed by atoms with Crippen molar-refractivity contribution in [2.24, 2.45) is 0 Å². The number of unbranched alkanes of at least 4 members (excludes halogenated alkanes) is 10. The van der Waals surface area contributed by atoms with Crippen molar-refractivity contribution >= 4 is 5.91 Å². The molecule has 0 aliphatic carbocycles. The Morgan fingerprint density at radius 1 is 0.769 bits per heavy atom. The second kappa shape index (κ2) is 20.3. The molecule has 0 aromatic rings. The van der Waals surface area contributed by atoms with Gasteiger partial charge in [-0.3, -0.25) is 4.79 Å². The van der Waals surface area contributed by atoms with E-state index in [1.165, 1.54) is 76.2 Å². The summed E-state index contributed by atoms with van der Waals surface area (Å²) in [5, 5.41) is 3.06. The number of carbonyl (C=O) groups is 1. The van der Waals surface area contributed by atoms with Gasteiger partial charge in [-0.05, 0) is 58.8 Å². The van der Waals surface area contributed by atoms with Crippen LogP contribution in [0.3, 0.4) is 0 Å². The summed E-state index contributed by atoms with van der Waals surface area (Å²) in [6.45, 7) is 7.37. The molecule has 0 aromatic heterocycles. The lowest BCUT2D eigenvalue weighted by atomic mass is 10.0. The lowest BCUT2D eigenvalue weighted by molar-refractivity contribution is -0.121. The molecule has 0 rings (SSSR count). The van der Waals surface area contributed by atoms with E-state index in [2.05, 4.69) is 44.3 Å². The zero-order valence-corrected chi connectivity index (χ0v) is 18.0. The topological polar surface area (TPSA) is 29.1 Å². The predicted octanol–water partition coefficient (Wildman–Crippen LogP) is 7.50. The fourth-order valence-electron chi connectivity index (χ4n) is 3.06. The molecule has 0 aliphatic rings. The summed E-state index contributed by atoms with van der Waals surface area (Å²) in [6.07, 6.45) is 24.9. The number of amides is 1. The zero-order valence-electron chi connectivity index (χ0n) is 18.0. The van der Waals surface area contributed by atoms with Gasteiger partial charge in [-0.2, -0.15) is 0 Å². The Kier molecular flexibility index (Phi) is 19.4. The molecule has 0 bridgehead atoms. The molecule has 2 heteroatoms. The molecule has 26 heavy (non-hydrogen) atoms. The van der Waals surface area contributed by atoms with Crippen molar-refractivity contribution in [2.75, 3.05) is 6.54 Å². The van der Waals surface area contributed by atoms with Crippen LogP contribution in [0.2, 0.25) is 0 Å². The van der Waals surface area contributed by atoms with E-state index in [-0.39, 0.29) is 5.91 Å². The fraction of sp³-hybridized carbons (Fsp3) is 0.792. The molecule has 2 nitrogen and oxygen atoms in total. The highest BCUT2D eigenvalue weighted by Gasteiger charge is 2.00. The molecule has 0 saturated carbocycles. The van der Waals surface area contributed by atoms with Crippen LogP contribution < -0.4 is 5.32 Å². The molecule has 0 spiro atoms. The van der Waals surface area contributed by atoms with Crippen LogP contribution in [0.25, 0.3) is 0 Å². The third-order valence-electron chi connectivity index (χ3n) is 4.99. The van der Waals surface area contributed by atoms with Crippen molar-refractivity contribution in [2.45, 2.75) is 117 Å². The zero-order chi connectivity index (χ0) is 19.3. The number of hydrogen-bond donors (Lipinski definition) is 1. The second-order valence-electron chi connectivity index (χ2n) is 7.54. The van der Waals surface area contributed by atoms with Crippen LogP contribution in [0.1, 0.15) is 117 Å². The van der Waals surface area contributed by atoms with Crippen molar-refractivity contribution in [3.05, 3.63) is 23.8 Å². The van der Waals surface area contributed by atoms with E-state index in [4.69, 9.17) is 0 Å². The molecule has 0 aliphatic heterocycles. The van der Waals surface area contributed by atoms with Gasteiger partial charge in [-0.1, -0.05) is 75.7 Å². The maximum Gasteiger partial charge on any atom is 0.219 e. The van der Waals surface area contributed by atoms with Gasteiger partial charge in [-0.25, -0.2) is 0 Å². The number of rotatable bonds is 18. The summed E-state index contributed by atoms with van der Waals surface area (Å²) in [4.78, 5) is 11.8. The lowest BCUT2D eigenvalue weighted by Crippen LogP contribution is -2.23. The van der Waals surface area contributed by atoms with Gasteiger partial charge in [0, 0.05) is 13.0 Å². The van der Waals surface area contributed by atoms with E-state index in [9.17, 15) is 4.79 Å². The van der Waals surface area contributed by atoms with Gasteiger partial charge in [0.15, 0.2) is 0 Å². The van der Waals surface area contributed by atoms with Gasteiger partial charge in [0.2, 0.25) is 5.91 Å². The van der Waals surface area contributed by atoms with Gasteiger partial charge in [0.05, 0.1) is 0 Å². The van der Waals surface area contributed by atoms with E-state index in [0.717, 1.165) is 25.8 Å². The van der Waals surface area contributed by atoms with E-state index in [1.54, 1.807) is 0 Å². The molecule has 0 fully saturated rings. The largest absolute Gasteiger partial charge is 0.356 e. The standard InChI is InChI=1S/C24H45NO/c1-4-6-7-8-13-16-19-22-25-24(26)21-18-15-12-10-9-11-14-17-20-23(3)5-2/h5-7H,4,8-22H2,1-3H3,(H,25,26)/b7-6-,23-5+. The predicted molar refractivity (Wildman–Crippen MR) is 117 cm³/mol. The maximum atomic E-state index is 11.8. The first-order valence-electron chi connectivity index (χ1n) is 11.2. The van der Waals surface area contributed by atoms with Crippen molar-refractivity contribution < 1.29 is 4.79 Å². The lowest BCUT2D eigenvalue weighted by Gasteiger charge is -2.05. The van der Waals surface area contributed by atoms with Crippen molar-refractivity contribution in [3.8, 4) is 0 Å². The van der Waals surface area contributed by atoms with E-state index in [0.29, 0.717) is 6.42 Å². The first-order chi connectivity index (χ1) is 12.7. The summed E-state index contributed by atoms with van der Waals surface area (Å²) < 4.78 is 0. The van der Waals surface area contributed by atoms with E-state index >= 15 is 0 Å². The van der Waals surface area contributed by atoms with Crippen molar-refractivity contribution in [1.82, 2.24) is 5.32 Å². The highest BCUT2D eigenvalue weighted by molar-refractivity contribution is 5.75. The number of carbonyl (C=O) groups excluding carboxylic acids is 1. The first-order valence-corrected chi connectivity index (χ1v) is 11.2. The highest BCUT2D eigenvalue weighted by Crippen LogP contribution is 2.13. The summed E-state index contributed by atoms with van der Waals surface area (Å²) in [6, 6.07) is 0. The Morgan fingerprint density at radius 3 is 1.96 bits per heavy atom. The second-order valence-corrected chi connectivity index (χ2v) is 7.54. The third-order valence-corrected chi connectivity index (χ3v) is 4.99. The molecule has 1 amide bonds. The van der Waals surface area contributed by atoms with Crippen LogP contribution in [0.15, 0.2) is 23.8 Å². The monoisotopic (exact) mass is 363 g/mol. The summed E-state index contributed by atoms with van der Waals surface area (Å²) in [7, 11) is 0.